The molecule has 0 saturated carbocycles. The third-order valence-corrected chi connectivity index (χ3v) is 6.29. The minimum absolute atomic E-state index is 0.0850. The zero-order valence-corrected chi connectivity index (χ0v) is 15.0. The minimum Gasteiger partial charge on any atom is -0.416 e. The van der Waals surface area contributed by atoms with E-state index in [1.165, 1.54) is 23.9 Å². The lowest BCUT2D eigenvalue weighted by atomic mass is 10.2. The van der Waals surface area contributed by atoms with Crippen LogP contribution in [0, 0.1) is 0 Å². The van der Waals surface area contributed by atoms with Crippen LogP contribution in [0.25, 0.3) is 0 Å². The van der Waals surface area contributed by atoms with E-state index >= 15 is 0 Å². The average molecular weight is 375 g/mol. The summed E-state index contributed by atoms with van der Waals surface area (Å²) in [5.74, 6) is -0.363. The molecule has 3 rings (SSSR count). The maximum absolute atomic E-state index is 12.8. The van der Waals surface area contributed by atoms with Gasteiger partial charge in [0.15, 0.2) is 0 Å². The highest BCUT2D eigenvalue weighted by Gasteiger charge is 2.42. The first-order valence-corrected chi connectivity index (χ1v) is 9.29. The van der Waals surface area contributed by atoms with Crippen molar-refractivity contribution < 1.29 is 14.3 Å². The van der Waals surface area contributed by atoms with Crippen molar-refractivity contribution in [1.29, 1.82) is 0 Å². The Morgan fingerprint density at radius 1 is 1.24 bits per heavy atom. The van der Waals surface area contributed by atoms with Crippen LogP contribution in [-0.2, 0) is 17.9 Å². The average Bonchev–Trinajstić information content (AvgIpc) is 3.05. The zero-order chi connectivity index (χ0) is 18.0. The first-order chi connectivity index (χ1) is 12.0. The molecule has 128 valence electrons. The van der Waals surface area contributed by atoms with Crippen LogP contribution in [0.5, 0.6) is 5.75 Å². The van der Waals surface area contributed by atoms with E-state index in [0.717, 1.165) is 0 Å². The van der Waals surface area contributed by atoms with Crippen molar-refractivity contribution in [2.24, 2.45) is 7.05 Å². The Balaban J connectivity index is 1.99. The van der Waals surface area contributed by atoms with Gasteiger partial charge in [0.05, 0.1) is 12.1 Å². The summed E-state index contributed by atoms with van der Waals surface area (Å²) in [6, 6.07) is 9.79. The number of nitrogens with zero attached hydrogens (tertiary/aromatic N) is 1. The molecule has 1 aromatic carbocycles. The van der Waals surface area contributed by atoms with Crippen molar-refractivity contribution in [3.05, 3.63) is 64.1 Å². The van der Waals surface area contributed by atoms with Crippen LogP contribution in [0.15, 0.2) is 47.4 Å². The highest BCUT2D eigenvalue weighted by atomic mass is 32.2. The number of pyridine rings is 1. The highest BCUT2D eigenvalue weighted by molar-refractivity contribution is 8.30. The molecule has 1 atom stereocenters. The number of hydrogen-bond donors (Lipinski definition) is 1. The van der Waals surface area contributed by atoms with E-state index in [1.807, 2.05) is 0 Å². The fraction of sp³-hybridized carbons (Fsp3) is 0.176. The van der Waals surface area contributed by atoms with Gasteiger partial charge in [0, 0.05) is 13.2 Å². The third-order valence-electron chi connectivity index (χ3n) is 3.67. The van der Waals surface area contributed by atoms with E-state index in [2.05, 4.69) is 5.32 Å². The second-order valence-electron chi connectivity index (χ2n) is 5.33. The number of nitrogens with one attached hydrogen (secondary N) is 1. The quantitative estimate of drug-likeness (QED) is 0.494. The fourth-order valence-corrected chi connectivity index (χ4v) is 4.46. The molecule has 0 amide bonds. The Morgan fingerprint density at radius 3 is 2.60 bits per heavy atom. The van der Waals surface area contributed by atoms with Crippen LogP contribution in [0.1, 0.15) is 20.7 Å². The van der Waals surface area contributed by atoms with E-state index in [4.69, 9.17) is 17.0 Å². The number of carbonyl (C=O) groups is 2. The monoisotopic (exact) mass is 375 g/mol. The van der Waals surface area contributed by atoms with Gasteiger partial charge in [-0.3, -0.25) is 4.79 Å². The topological polar surface area (TPSA) is 77.4 Å². The van der Waals surface area contributed by atoms with Crippen LogP contribution < -0.4 is 15.6 Å². The van der Waals surface area contributed by atoms with Crippen LogP contribution in [0.2, 0.25) is 0 Å². The Bertz CT molecular complexity index is 909. The summed E-state index contributed by atoms with van der Waals surface area (Å²) < 4.78 is 7.05. The summed E-state index contributed by atoms with van der Waals surface area (Å²) in [5, 5.41) is 2.68. The second-order valence-corrected chi connectivity index (χ2v) is 7.96. The lowest BCUT2D eigenvalue weighted by molar-refractivity contribution is 0.0730. The predicted molar refractivity (Wildman–Crippen MR) is 100 cm³/mol. The Morgan fingerprint density at radius 2 is 1.96 bits per heavy atom. The summed E-state index contributed by atoms with van der Waals surface area (Å²) in [6.07, 6.45) is 1.48. The maximum atomic E-state index is 12.8. The van der Waals surface area contributed by atoms with E-state index < -0.39 is 22.4 Å². The van der Waals surface area contributed by atoms with Gasteiger partial charge in [-0.2, -0.15) is 0 Å². The van der Waals surface area contributed by atoms with Crippen molar-refractivity contribution in [3.8, 4) is 5.75 Å². The highest BCUT2D eigenvalue weighted by Crippen LogP contribution is 2.21. The summed E-state index contributed by atoms with van der Waals surface area (Å²) in [5.41, 5.74) is -0.161. The number of ether oxygens (including phenoxy) is 1. The van der Waals surface area contributed by atoms with E-state index in [-0.39, 0.29) is 16.4 Å². The van der Waals surface area contributed by atoms with E-state index in [9.17, 15) is 14.4 Å². The van der Waals surface area contributed by atoms with E-state index in [1.54, 1.807) is 30.3 Å². The Kier molecular flexibility index (Phi) is 5.00. The van der Waals surface area contributed by atoms with Crippen LogP contribution >= 0.6 is 12.2 Å². The number of esters is 1. The SMILES string of the molecule is Cn1ccc(C(=O)[S+]2CCNC2=S)c(OC(=O)c2ccccc2)c1=O. The molecule has 1 fully saturated rings. The molecule has 2 heterocycles. The summed E-state index contributed by atoms with van der Waals surface area (Å²) >= 11 is 5.17. The molecule has 1 N–H and O–H groups in total. The molecule has 25 heavy (non-hydrogen) atoms. The molecule has 0 spiro atoms. The molecule has 6 nitrogen and oxygen atoms in total. The second kappa shape index (κ2) is 7.20. The number of aryl methyl sites for hydroxylation is 1. The zero-order valence-electron chi connectivity index (χ0n) is 13.4. The third kappa shape index (κ3) is 3.49. The molecule has 0 radical (unpaired) electrons. The first kappa shape index (κ1) is 17.4. The number of carbonyl (C=O) groups excluding carboxylic acids is 2. The maximum Gasteiger partial charge on any atom is 0.374 e. The lowest BCUT2D eigenvalue weighted by Gasteiger charge is -2.09. The molecule has 1 aromatic heterocycles. The van der Waals surface area contributed by atoms with Gasteiger partial charge in [-0.15, -0.1) is 0 Å². The predicted octanol–water partition coefficient (Wildman–Crippen LogP) is 1.25. The molecule has 0 bridgehead atoms. The van der Waals surface area contributed by atoms with Crippen molar-refractivity contribution in [1.82, 2.24) is 9.88 Å². The molecule has 1 aliphatic heterocycles. The molecular weight excluding hydrogens is 360 g/mol. The van der Waals surface area contributed by atoms with E-state index in [0.29, 0.717) is 22.2 Å². The first-order valence-electron chi connectivity index (χ1n) is 7.49. The van der Waals surface area contributed by atoms with Crippen molar-refractivity contribution in [3.63, 3.8) is 0 Å². The smallest absolute Gasteiger partial charge is 0.374 e. The number of rotatable bonds is 3. The Hall–Kier alpha value is -2.45. The fourth-order valence-electron chi connectivity index (χ4n) is 2.33. The molecule has 0 aliphatic carbocycles. The standard InChI is InChI=1S/C17H14N2O4S2/c1-19-9-7-12(16(22)25-10-8-18-17(25)24)13(14(19)20)23-15(21)11-5-3-2-4-6-11/h2-7,9H,8,10H2,1H3/p+1. The van der Waals surface area contributed by atoms with Gasteiger partial charge in [0.25, 0.3) is 9.88 Å². The minimum atomic E-state index is -0.810. The number of aromatic nitrogens is 1. The largest absolute Gasteiger partial charge is 0.416 e. The molecule has 1 unspecified atom stereocenters. The number of benzene rings is 1. The molecule has 2 aromatic rings. The molecule has 8 heteroatoms. The summed E-state index contributed by atoms with van der Waals surface area (Å²) in [4.78, 5) is 37.6. The van der Waals surface area contributed by atoms with Crippen molar-refractivity contribution >= 4 is 38.5 Å². The van der Waals surface area contributed by atoms with Gasteiger partial charge >= 0.3 is 11.1 Å². The van der Waals surface area contributed by atoms with Crippen molar-refractivity contribution in [2.45, 2.75) is 0 Å². The molecular formula is C17H15N2O4S2+. The van der Waals surface area contributed by atoms with Gasteiger partial charge in [-0.1, -0.05) is 18.2 Å². The summed E-state index contributed by atoms with van der Waals surface area (Å²) in [6.45, 7) is 0.623. The Labute approximate surface area is 152 Å². The molecule has 1 saturated heterocycles. The lowest BCUT2D eigenvalue weighted by Crippen LogP contribution is -2.29. The van der Waals surface area contributed by atoms with Gasteiger partial charge in [-0.05, 0) is 30.4 Å². The normalized spacial score (nSPS) is 16.4. The van der Waals surface area contributed by atoms with Crippen LogP contribution in [0.4, 0.5) is 0 Å². The van der Waals surface area contributed by atoms with Gasteiger partial charge in [0.1, 0.15) is 22.2 Å². The van der Waals surface area contributed by atoms with Crippen LogP contribution in [0.3, 0.4) is 0 Å². The number of hydrogen-bond acceptors (Lipinski definition) is 5. The van der Waals surface area contributed by atoms with Gasteiger partial charge < -0.3 is 14.6 Å². The number of thiocarbonyl (C=S) groups is 1. The summed E-state index contributed by atoms with van der Waals surface area (Å²) in [7, 11) is 0.718. The van der Waals surface area contributed by atoms with Gasteiger partial charge in [-0.25, -0.2) is 9.59 Å². The van der Waals surface area contributed by atoms with Gasteiger partial charge in [0.2, 0.25) is 5.75 Å². The van der Waals surface area contributed by atoms with Crippen molar-refractivity contribution in [2.75, 3.05) is 12.3 Å². The molecule has 1 aliphatic rings. The van der Waals surface area contributed by atoms with Crippen LogP contribution in [-0.4, -0.2) is 32.3 Å².